The summed E-state index contributed by atoms with van der Waals surface area (Å²) >= 11 is 0. The van der Waals surface area contributed by atoms with E-state index in [1.807, 2.05) is 0 Å². The van der Waals surface area contributed by atoms with Crippen molar-refractivity contribution >= 4 is 29.2 Å². The van der Waals surface area contributed by atoms with Crippen molar-refractivity contribution in [2.24, 2.45) is 5.41 Å². The Balaban J connectivity index is 1.52. The summed E-state index contributed by atoms with van der Waals surface area (Å²) in [6, 6.07) is 4.35. The first-order valence-electron chi connectivity index (χ1n) is 10.0. The summed E-state index contributed by atoms with van der Waals surface area (Å²) in [5.41, 5.74) is 3.71. The number of nitrogens with one attached hydrogen (secondary N) is 4. The van der Waals surface area contributed by atoms with Crippen LogP contribution in [0.2, 0.25) is 0 Å². The van der Waals surface area contributed by atoms with Gasteiger partial charge in [-0.1, -0.05) is 0 Å². The number of aromatic nitrogens is 2. The summed E-state index contributed by atoms with van der Waals surface area (Å²) in [6.45, 7) is 2.45. The molecular weight excluding hydrogens is 429 g/mol. The topological polar surface area (TPSA) is 117 Å². The first-order chi connectivity index (χ1) is 15.1. The molecule has 170 valence electrons. The molecule has 0 bridgehead atoms. The molecule has 1 fully saturated rings. The van der Waals surface area contributed by atoms with Gasteiger partial charge >= 0.3 is 6.18 Å². The second-order valence-electron chi connectivity index (χ2n) is 7.94. The Morgan fingerprint density at radius 3 is 2.53 bits per heavy atom. The highest BCUT2D eigenvalue weighted by Crippen LogP contribution is 2.32. The Morgan fingerprint density at radius 2 is 1.91 bits per heavy atom. The zero-order valence-electron chi connectivity index (χ0n) is 17.1. The van der Waals surface area contributed by atoms with E-state index in [0.29, 0.717) is 37.3 Å². The minimum atomic E-state index is -4.45. The van der Waals surface area contributed by atoms with E-state index in [4.69, 9.17) is 0 Å². The van der Waals surface area contributed by atoms with Gasteiger partial charge in [-0.3, -0.25) is 29.9 Å². The van der Waals surface area contributed by atoms with Gasteiger partial charge in [-0.15, -0.1) is 0 Å². The van der Waals surface area contributed by atoms with Gasteiger partial charge in [-0.05, 0) is 50.5 Å². The molecule has 1 aromatic carbocycles. The predicted octanol–water partition coefficient (Wildman–Crippen LogP) is 1.88. The van der Waals surface area contributed by atoms with Crippen LogP contribution in [0.4, 0.5) is 24.7 Å². The molecule has 0 unspecified atom stereocenters. The molecule has 32 heavy (non-hydrogen) atoms. The molecule has 2 aliphatic rings. The average molecular weight is 450 g/mol. The monoisotopic (exact) mass is 450 g/mol. The number of aryl methyl sites for hydroxylation is 1. The fraction of sp³-hybridized carbons (Fsp3) is 0.400. The van der Waals surface area contributed by atoms with E-state index in [0.717, 1.165) is 18.6 Å². The maximum Gasteiger partial charge on any atom is 0.416 e. The van der Waals surface area contributed by atoms with E-state index >= 15 is 0 Å². The molecule has 1 atom stereocenters. The number of benzene rings is 1. The number of rotatable bonds is 4. The van der Waals surface area contributed by atoms with Crippen molar-refractivity contribution in [1.29, 1.82) is 0 Å². The lowest BCUT2D eigenvalue weighted by Gasteiger charge is -2.19. The summed E-state index contributed by atoms with van der Waals surface area (Å²) in [5.74, 6) is -1.53. The van der Waals surface area contributed by atoms with Gasteiger partial charge in [0.15, 0.2) is 5.82 Å². The molecule has 2 aliphatic heterocycles. The van der Waals surface area contributed by atoms with Gasteiger partial charge in [-0.25, -0.2) is 0 Å². The normalized spacial score (nSPS) is 19.9. The van der Waals surface area contributed by atoms with Crippen LogP contribution in [0.1, 0.15) is 41.4 Å². The average Bonchev–Trinajstić information content (AvgIpc) is 3.41. The number of nitrogens with zero attached hydrogens (tertiary/aromatic N) is 2. The van der Waals surface area contributed by atoms with Crippen LogP contribution in [-0.4, -0.2) is 34.0 Å². The zero-order valence-corrected chi connectivity index (χ0v) is 17.1. The van der Waals surface area contributed by atoms with Gasteiger partial charge in [0, 0.05) is 18.8 Å². The van der Waals surface area contributed by atoms with Gasteiger partial charge in [0.25, 0.3) is 11.8 Å². The number of amides is 3. The molecule has 3 amide bonds. The number of carbonyl (C=O) groups is 3. The second kappa shape index (κ2) is 7.84. The Labute approximate surface area is 180 Å². The highest BCUT2D eigenvalue weighted by molar-refractivity contribution is 6.07. The van der Waals surface area contributed by atoms with Crippen LogP contribution in [0.15, 0.2) is 24.3 Å². The summed E-state index contributed by atoms with van der Waals surface area (Å²) in [7, 11) is 0. The molecule has 0 radical (unpaired) electrons. The summed E-state index contributed by atoms with van der Waals surface area (Å²) in [6.07, 6.45) is -2.78. The van der Waals surface area contributed by atoms with Gasteiger partial charge in [0.1, 0.15) is 11.0 Å². The molecule has 3 heterocycles. The smallest absolute Gasteiger partial charge is 0.355 e. The number of alkyl halides is 3. The van der Waals surface area contributed by atoms with Crippen LogP contribution in [0.3, 0.4) is 0 Å². The largest absolute Gasteiger partial charge is 0.416 e. The van der Waals surface area contributed by atoms with Crippen molar-refractivity contribution in [2.45, 2.75) is 38.9 Å². The summed E-state index contributed by atoms with van der Waals surface area (Å²) < 4.78 is 40.0. The minimum Gasteiger partial charge on any atom is -0.355 e. The van der Waals surface area contributed by atoms with Crippen molar-refractivity contribution < 1.29 is 27.6 Å². The van der Waals surface area contributed by atoms with Gasteiger partial charge in [0.2, 0.25) is 5.91 Å². The van der Waals surface area contributed by atoms with Crippen LogP contribution < -0.4 is 21.5 Å². The molecule has 4 N–H and O–H groups in total. The molecule has 4 rings (SSSR count). The van der Waals surface area contributed by atoms with Crippen LogP contribution >= 0.6 is 0 Å². The second-order valence-corrected chi connectivity index (χ2v) is 7.94. The van der Waals surface area contributed by atoms with Crippen LogP contribution in [0, 0.1) is 5.41 Å². The minimum absolute atomic E-state index is 0.163. The number of fused-ring (bicyclic) bond motifs is 1. The number of hydrogen-bond acceptors (Lipinski definition) is 5. The lowest BCUT2D eigenvalue weighted by atomic mass is 9.88. The lowest BCUT2D eigenvalue weighted by molar-refractivity contribution is -0.140. The van der Waals surface area contributed by atoms with E-state index in [1.54, 1.807) is 4.68 Å². The first kappa shape index (κ1) is 21.7. The third-order valence-corrected chi connectivity index (χ3v) is 5.75. The Hall–Kier alpha value is -3.57. The van der Waals surface area contributed by atoms with E-state index in [2.05, 4.69) is 26.6 Å². The highest BCUT2D eigenvalue weighted by Gasteiger charge is 2.45. The van der Waals surface area contributed by atoms with Gasteiger partial charge in [-0.2, -0.15) is 18.3 Å². The summed E-state index contributed by atoms with van der Waals surface area (Å²) in [5, 5.41) is 9.82. The number of halogens is 3. The molecular formula is C20H21F3N6O3. The Kier molecular flexibility index (Phi) is 5.31. The van der Waals surface area contributed by atoms with Gasteiger partial charge < -0.3 is 10.6 Å². The van der Waals surface area contributed by atoms with Crippen LogP contribution in [0.25, 0.3) is 0 Å². The van der Waals surface area contributed by atoms with Crippen molar-refractivity contribution in [2.75, 3.05) is 11.9 Å². The number of hydrazine groups is 1. The fourth-order valence-corrected chi connectivity index (χ4v) is 3.80. The fourth-order valence-electron chi connectivity index (χ4n) is 3.80. The molecule has 9 nitrogen and oxygen atoms in total. The Bertz CT molecular complexity index is 1080. The van der Waals surface area contributed by atoms with E-state index in [9.17, 15) is 27.6 Å². The predicted molar refractivity (Wildman–Crippen MR) is 107 cm³/mol. The maximum absolute atomic E-state index is 12.9. The SMILES string of the molecule is C[C@@]1(C(=O)NNC(=O)c2c(Nc3ccc(C(F)(F)F)cc3)nn3c2CCC3)CCNC1=O. The van der Waals surface area contributed by atoms with Crippen molar-refractivity contribution in [3.63, 3.8) is 0 Å². The lowest BCUT2D eigenvalue weighted by Crippen LogP contribution is -2.51. The molecule has 1 aromatic heterocycles. The molecule has 0 spiro atoms. The molecule has 0 saturated carbocycles. The van der Waals surface area contributed by atoms with E-state index in [-0.39, 0.29) is 11.4 Å². The van der Waals surface area contributed by atoms with Crippen molar-refractivity contribution in [3.05, 3.63) is 41.1 Å². The third kappa shape index (κ3) is 3.87. The van der Waals surface area contributed by atoms with Crippen molar-refractivity contribution in [1.82, 2.24) is 25.9 Å². The highest BCUT2D eigenvalue weighted by atomic mass is 19.4. The van der Waals surface area contributed by atoms with E-state index in [1.165, 1.54) is 19.1 Å². The first-order valence-corrected chi connectivity index (χ1v) is 10.0. The number of anilines is 2. The summed E-state index contributed by atoms with van der Waals surface area (Å²) in [4.78, 5) is 37.3. The molecule has 2 aromatic rings. The number of hydrogen-bond donors (Lipinski definition) is 4. The molecule has 0 aliphatic carbocycles. The van der Waals surface area contributed by atoms with Crippen LogP contribution in [-0.2, 0) is 28.7 Å². The zero-order chi connectivity index (χ0) is 23.1. The standard InChI is InChI=1S/C20H21F3N6O3/c1-19(8-9-24-17(19)31)18(32)27-26-16(30)14-13-3-2-10-29(13)28-15(14)25-12-6-4-11(5-7-12)20(21,22)23/h4-7H,2-3,8-10H2,1H3,(H,24,31)(H,25,28)(H,26,30)(H,27,32)/t19-/m1/s1. The number of carbonyl (C=O) groups excluding carboxylic acids is 3. The van der Waals surface area contributed by atoms with Crippen LogP contribution in [0.5, 0.6) is 0 Å². The Morgan fingerprint density at radius 1 is 1.19 bits per heavy atom. The van der Waals surface area contributed by atoms with Crippen molar-refractivity contribution in [3.8, 4) is 0 Å². The van der Waals surface area contributed by atoms with Gasteiger partial charge in [0.05, 0.1) is 11.3 Å². The quantitative estimate of drug-likeness (QED) is 0.419. The van der Waals surface area contributed by atoms with E-state index < -0.39 is 34.9 Å². The molecule has 1 saturated heterocycles. The molecule has 12 heteroatoms. The third-order valence-electron chi connectivity index (χ3n) is 5.75. The maximum atomic E-state index is 12.9.